The fourth-order valence-corrected chi connectivity index (χ4v) is 4.04. The number of nitrogens with one attached hydrogen (secondary N) is 2. The van der Waals surface area contributed by atoms with Crippen molar-refractivity contribution < 1.29 is 14.3 Å². The van der Waals surface area contributed by atoms with Gasteiger partial charge in [0.25, 0.3) is 5.91 Å². The van der Waals surface area contributed by atoms with Crippen molar-refractivity contribution in [1.29, 1.82) is 0 Å². The summed E-state index contributed by atoms with van der Waals surface area (Å²) in [6.07, 6.45) is 1.71. The van der Waals surface area contributed by atoms with Crippen molar-refractivity contribution in [1.82, 2.24) is 25.3 Å². The Bertz CT molecular complexity index is 1140. The zero-order valence-corrected chi connectivity index (χ0v) is 18.8. The second kappa shape index (κ2) is 8.91. The SMILES string of the molecule is COc1cc(C)nc(NC(=O)c2ccc(N3C[C@@H](C)N[C@@H](C)C3)c3cnc(OC)nc23)n1. The van der Waals surface area contributed by atoms with Gasteiger partial charge in [0.2, 0.25) is 11.8 Å². The number of aromatic nitrogens is 4. The smallest absolute Gasteiger partial charge is 0.316 e. The predicted octanol–water partition coefficient (Wildman–Crippen LogP) is 2.18. The van der Waals surface area contributed by atoms with Crippen molar-refractivity contribution in [3.8, 4) is 11.9 Å². The van der Waals surface area contributed by atoms with E-state index in [4.69, 9.17) is 9.47 Å². The van der Waals surface area contributed by atoms with E-state index in [1.807, 2.05) is 6.07 Å². The fraction of sp³-hybridized carbons (Fsp3) is 0.409. The maximum absolute atomic E-state index is 13.2. The lowest BCUT2D eigenvalue weighted by Crippen LogP contribution is -2.54. The molecule has 10 nitrogen and oxygen atoms in total. The van der Waals surface area contributed by atoms with E-state index in [1.165, 1.54) is 14.2 Å². The van der Waals surface area contributed by atoms with Crippen molar-refractivity contribution in [2.45, 2.75) is 32.9 Å². The van der Waals surface area contributed by atoms with Gasteiger partial charge in [-0.3, -0.25) is 10.1 Å². The van der Waals surface area contributed by atoms with Crippen LogP contribution in [-0.2, 0) is 0 Å². The van der Waals surface area contributed by atoms with Crippen LogP contribution in [-0.4, -0.2) is 65.2 Å². The third-order valence-electron chi connectivity index (χ3n) is 5.30. The van der Waals surface area contributed by atoms with E-state index in [0.29, 0.717) is 34.7 Å². The summed E-state index contributed by atoms with van der Waals surface area (Å²) in [6.45, 7) is 7.80. The molecular formula is C22H27N7O3. The number of methoxy groups -OCH3 is 2. The van der Waals surface area contributed by atoms with Gasteiger partial charge in [0.1, 0.15) is 0 Å². The molecule has 0 bridgehead atoms. The number of benzene rings is 1. The number of ether oxygens (including phenoxy) is 2. The number of carbonyl (C=O) groups is 1. The Morgan fingerprint density at radius 1 is 1.12 bits per heavy atom. The number of piperazine rings is 1. The maximum atomic E-state index is 13.2. The summed E-state index contributed by atoms with van der Waals surface area (Å²) < 4.78 is 10.4. The predicted molar refractivity (Wildman–Crippen MR) is 122 cm³/mol. The topological polar surface area (TPSA) is 114 Å². The van der Waals surface area contributed by atoms with Crippen LogP contribution in [0, 0.1) is 6.92 Å². The number of amides is 1. The van der Waals surface area contributed by atoms with Crippen molar-refractivity contribution in [3.05, 3.63) is 35.7 Å². The van der Waals surface area contributed by atoms with Gasteiger partial charge in [-0.15, -0.1) is 0 Å². The van der Waals surface area contributed by atoms with Crippen LogP contribution in [0.4, 0.5) is 11.6 Å². The van der Waals surface area contributed by atoms with Crippen molar-refractivity contribution in [3.63, 3.8) is 0 Å². The highest BCUT2D eigenvalue weighted by Gasteiger charge is 2.25. The van der Waals surface area contributed by atoms with E-state index in [9.17, 15) is 4.79 Å². The minimum atomic E-state index is -0.378. The summed E-state index contributed by atoms with van der Waals surface area (Å²) >= 11 is 0. The molecule has 0 spiro atoms. The second-order valence-corrected chi connectivity index (χ2v) is 7.95. The van der Waals surface area contributed by atoms with E-state index in [1.54, 1.807) is 25.3 Å². The highest BCUT2D eigenvalue weighted by Crippen LogP contribution is 2.31. The van der Waals surface area contributed by atoms with E-state index >= 15 is 0 Å². The van der Waals surface area contributed by atoms with Crippen LogP contribution in [0.15, 0.2) is 24.4 Å². The quantitative estimate of drug-likeness (QED) is 0.620. The number of fused-ring (bicyclic) bond motifs is 1. The normalized spacial score (nSPS) is 18.5. The molecule has 1 saturated heterocycles. The molecule has 0 unspecified atom stereocenters. The number of hydrogen-bond acceptors (Lipinski definition) is 9. The first-order valence-corrected chi connectivity index (χ1v) is 10.4. The maximum Gasteiger partial charge on any atom is 0.316 e. The fourth-order valence-electron chi connectivity index (χ4n) is 4.04. The van der Waals surface area contributed by atoms with Crippen molar-refractivity contribution in [2.75, 3.05) is 37.5 Å². The average Bonchev–Trinajstić information content (AvgIpc) is 2.76. The van der Waals surface area contributed by atoms with E-state index in [-0.39, 0.29) is 17.9 Å². The van der Waals surface area contributed by atoms with Gasteiger partial charge in [0.05, 0.1) is 25.3 Å². The first kappa shape index (κ1) is 21.7. The number of hydrogen-bond donors (Lipinski definition) is 2. The summed E-state index contributed by atoms with van der Waals surface area (Å²) in [5.74, 6) is 0.158. The van der Waals surface area contributed by atoms with Gasteiger partial charge >= 0.3 is 6.01 Å². The summed E-state index contributed by atoms with van der Waals surface area (Å²) in [4.78, 5) is 32.7. The Morgan fingerprint density at radius 2 is 1.88 bits per heavy atom. The van der Waals surface area contributed by atoms with Crippen LogP contribution < -0.4 is 25.0 Å². The number of anilines is 2. The highest BCUT2D eigenvalue weighted by molar-refractivity contribution is 6.13. The third kappa shape index (κ3) is 4.40. The van der Waals surface area contributed by atoms with E-state index in [2.05, 4.69) is 49.3 Å². The first-order valence-electron chi connectivity index (χ1n) is 10.4. The Hall–Kier alpha value is -3.53. The van der Waals surface area contributed by atoms with Gasteiger partial charge in [-0.1, -0.05) is 0 Å². The minimum absolute atomic E-state index is 0.162. The average molecular weight is 438 g/mol. The Labute approximate surface area is 186 Å². The molecule has 1 aliphatic rings. The standard InChI is InChI=1S/C22H27N7O3/c1-12-8-18(31-4)26-21(25-12)28-20(30)15-6-7-17(29-10-13(2)24-14(3)11-29)16-9-23-22(32-5)27-19(15)16/h6-9,13-14,24H,10-11H2,1-5H3,(H,25,26,28,30)/t13-,14+. The molecule has 0 radical (unpaired) electrons. The molecule has 168 valence electrons. The van der Waals surface area contributed by atoms with Crippen LogP contribution in [0.2, 0.25) is 0 Å². The summed E-state index contributed by atoms with van der Waals surface area (Å²) in [6, 6.07) is 6.26. The van der Waals surface area contributed by atoms with Crippen LogP contribution >= 0.6 is 0 Å². The third-order valence-corrected chi connectivity index (χ3v) is 5.30. The highest BCUT2D eigenvalue weighted by atomic mass is 16.5. The lowest BCUT2D eigenvalue weighted by atomic mass is 10.0. The lowest BCUT2D eigenvalue weighted by Gasteiger charge is -2.38. The molecule has 1 fully saturated rings. The zero-order valence-electron chi connectivity index (χ0n) is 18.8. The molecule has 2 atom stereocenters. The first-order chi connectivity index (χ1) is 15.4. The molecule has 3 aromatic rings. The van der Waals surface area contributed by atoms with Gasteiger partial charge in [0.15, 0.2) is 0 Å². The minimum Gasteiger partial charge on any atom is -0.481 e. The molecule has 10 heteroatoms. The van der Waals surface area contributed by atoms with E-state index < -0.39 is 0 Å². The van der Waals surface area contributed by atoms with Crippen molar-refractivity contribution >= 4 is 28.4 Å². The Kier molecular flexibility index (Phi) is 6.04. The van der Waals surface area contributed by atoms with Gasteiger partial charge in [-0.25, -0.2) is 9.97 Å². The molecule has 1 aromatic carbocycles. The van der Waals surface area contributed by atoms with E-state index in [0.717, 1.165) is 24.2 Å². The Balaban J connectivity index is 1.75. The van der Waals surface area contributed by atoms with Gasteiger partial charge < -0.3 is 19.7 Å². The molecular weight excluding hydrogens is 410 g/mol. The number of nitrogens with zero attached hydrogens (tertiary/aromatic N) is 5. The monoisotopic (exact) mass is 437 g/mol. The van der Waals surface area contributed by atoms with Gasteiger partial charge in [-0.05, 0) is 32.9 Å². The summed E-state index contributed by atoms with van der Waals surface area (Å²) in [7, 11) is 3.01. The molecule has 3 heterocycles. The summed E-state index contributed by atoms with van der Waals surface area (Å²) in [5, 5.41) is 7.07. The van der Waals surface area contributed by atoms with Crippen molar-refractivity contribution in [2.24, 2.45) is 0 Å². The van der Waals surface area contributed by atoms with Crippen LogP contribution in [0.1, 0.15) is 29.9 Å². The molecule has 0 saturated carbocycles. The Morgan fingerprint density at radius 3 is 2.56 bits per heavy atom. The van der Waals surface area contributed by atoms with Crippen LogP contribution in [0.25, 0.3) is 10.9 Å². The number of rotatable bonds is 5. The van der Waals surface area contributed by atoms with Crippen LogP contribution in [0.5, 0.6) is 11.9 Å². The molecule has 4 rings (SSSR count). The van der Waals surface area contributed by atoms with Gasteiger partial charge in [-0.2, -0.15) is 9.97 Å². The lowest BCUT2D eigenvalue weighted by molar-refractivity contribution is 0.102. The number of aryl methyl sites for hydroxylation is 1. The van der Waals surface area contributed by atoms with Gasteiger partial charge in [0, 0.05) is 54.2 Å². The molecule has 2 aromatic heterocycles. The number of carbonyl (C=O) groups excluding carboxylic acids is 1. The van der Waals surface area contributed by atoms with Crippen LogP contribution in [0.3, 0.4) is 0 Å². The molecule has 1 aliphatic heterocycles. The molecule has 1 amide bonds. The molecule has 32 heavy (non-hydrogen) atoms. The molecule has 2 N–H and O–H groups in total. The zero-order chi connectivity index (χ0) is 22.8. The molecule has 0 aliphatic carbocycles. The second-order valence-electron chi connectivity index (χ2n) is 7.95. The largest absolute Gasteiger partial charge is 0.481 e. The summed E-state index contributed by atoms with van der Waals surface area (Å²) in [5.41, 5.74) is 2.54.